The van der Waals surface area contributed by atoms with Gasteiger partial charge in [-0.05, 0) is 43.2 Å². The molecule has 2 aromatic carbocycles. The minimum atomic E-state index is -0.0471. The molecule has 2 aromatic rings. The van der Waals surface area contributed by atoms with Crippen LogP contribution < -0.4 is 24.3 Å². The van der Waals surface area contributed by atoms with Crippen molar-refractivity contribution in [2.75, 3.05) is 48.0 Å². The lowest BCUT2D eigenvalue weighted by molar-refractivity contribution is 0.212. The number of methoxy groups -OCH3 is 3. The Morgan fingerprint density at radius 1 is 1.06 bits per heavy atom. The Hall–Kier alpha value is -2.36. The van der Waals surface area contributed by atoms with Gasteiger partial charge in [-0.25, -0.2) is 0 Å². The predicted molar refractivity (Wildman–Crippen MR) is 138 cm³/mol. The SMILES string of the molecule is CN=C(NCC(C)Oc1ccccc1OC)N1CCC(c2cc(OC)cc(OC)c2)C1.I. The molecule has 1 aliphatic heterocycles. The normalized spacial score (nSPS) is 16.7. The number of aliphatic imine (C=N–C) groups is 1. The van der Waals surface area contributed by atoms with Crippen LogP contribution in [0, 0.1) is 0 Å². The van der Waals surface area contributed by atoms with Crippen LogP contribution in [0.3, 0.4) is 0 Å². The third-order valence-corrected chi connectivity index (χ3v) is 5.49. The summed E-state index contributed by atoms with van der Waals surface area (Å²) in [5, 5.41) is 3.45. The average molecular weight is 555 g/mol. The lowest BCUT2D eigenvalue weighted by Crippen LogP contribution is -2.43. The quantitative estimate of drug-likeness (QED) is 0.300. The van der Waals surface area contributed by atoms with Crippen LogP contribution >= 0.6 is 24.0 Å². The highest BCUT2D eigenvalue weighted by Gasteiger charge is 2.27. The maximum atomic E-state index is 6.05. The molecule has 2 unspecified atom stereocenters. The lowest BCUT2D eigenvalue weighted by atomic mass is 9.98. The van der Waals surface area contributed by atoms with Crippen LogP contribution in [0.4, 0.5) is 0 Å². The van der Waals surface area contributed by atoms with Crippen LogP contribution in [-0.2, 0) is 0 Å². The zero-order valence-electron chi connectivity index (χ0n) is 19.5. The van der Waals surface area contributed by atoms with E-state index in [1.54, 1.807) is 21.3 Å². The molecule has 3 rings (SSSR count). The van der Waals surface area contributed by atoms with Crippen molar-refractivity contribution in [2.24, 2.45) is 4.99 Å². The third kappa shape index (κ3) is 6.57. The summed E-state index contributed by atoms with van der Waals surface area (Å²) in [6.45, 7) is 4.49. The average Bonchev–Trinajstić information content (AvgIpc) is 3.29. The summed E-state index contributed by atoms with van der Waals surface area (Å²) in [5.74, 6) is 4.38. The van der Waals surface area contributed by atoms with E-state index in [-0.39, 0.29) is 30.1 Å². The topological polar surface area (TPSA) is 64.6 Å². The molecule has 8 heteroatoms. The first-order chi connectivity index (χ1) is 15.1. The molecule has 0 spiro atoms. The molecule has 1 aliphatic rings. The van der Waals surface area contributed by atoms with Crippen molar-refractivity contribution in [2.45, 2.75) is 25.4 Å². The molecule has 1 saturated heterocycles. The molecular weight excluding hydrogens is 521 g/mol. The molecule has 0 amide bonds. The molecule has 1 heterocycles. The number of para-hydroxylation sites is 2. The van der Waals surface area contributed by atoms with Gasteiger partial charge >= 0.3 is 0 Å². The van der Waals surface area contributed by atoms with Crippen molar-refractivity contribution in [3.8, 4) is 23.0 Å². The number of hydrogen-bond donors (Lipinski definition) is 1. The van der Waals surface area contributed by atoms with E-state index in [2.05, 4.69) is 27.3 Å². The first-order valence-electron chi connectivity index (χ1n) is 10.6. The fourth-order valence-electron chi connectivity index (χ4n) is 3.83. The molecule has 0 aromatic heterocycles. The number of likely N-dealkylation sites (tertiary alicyclic amines) is 1. The highest BCUT2D eigenvalue weighted by atomic mass is 127. The molecule has 0 saturated carbocycles. The summed E-state index contributed by atoms with van der Waals surface area (Å²) in [7, 11) is 6.82. The summed E-state index contributed by atoms with van der Waals surface area (Å²) in [6.07, 6.45) is 0.999. The van der Waals surface area contributed by atoms with E-state index in [0.717, 1.165) is 48.5 Å². The van der Waals surface area contributed by atoms with Gasteiger partial charge < -0.3 is 29.2 Å². The number of nitrogens with one attached hydrogen (secondary N) is 1. The maximum absolute atomic E-state index is 6.05. The number of benzene rings is 2. The van der Waals surface area contributed by atoms with Crippen LogP contribution in [0.15, 0.2) is 47.5 Å². The molecule has 32 heavy (non-hydrogen) atoms. The van der Waals surface area contributed by atoms with E-state index < -0.39 is 0 Å². The van der Waals surface area contributed by atoms with Crippen molar-refractivity contribution >= 4 is 29.9 Å². The number of guanidine groups is 1. The molecule has 2 atom stereocenters. The zero-order chi connectivity index (χ0) is 22.2. The maximum Gasteiger partial charge on any atom is 0.193 e. The minimum absolute atomic E-state index is 0. The number of hydrogen-bond acceptors (Lipinski definition) is 5. The first-order valence-corrected chi connectivity index (χ1v) is 10.6. The third-order valence-electron chi connectivity index (χ3n) is 5.49. The zero-order valence-corrected chi connectivity index (χ0v) is 21.8. The van der Waals surface area contributed by atoms with E-state index in [1.807, 2.05) is 44.3 Å². The van der Waals surface area contributed by atoms with Crippen molar-refractivity contribution in [3.05, 3.63) is 48.0 Å². The van der Waals surface area contributed by atoms with Gasteiger partial charge in [0.15, 0.2) is 17.5 Å². The van der Waals surface area contributed by atoms with Crippen LogP contribution in [0.1, 0.15) is 24.8 Å². The monoisotopic (exact) mass is 555 g/mol. The van der Waals surface area contributed by atoms with Gasteiger partial charge in [0.25, 0.3) is 0 Å². The highest BCUT2D eigenvalue weighted by Crippen LogP contribution is 2.33. The second kappa shape index (κ2) is 12.6. The van der Waals surface area contributed by atoms with Crippen LogP contribution in [0.2, 0.25) is 0 Å². The number of halogens is 1. The summed E-state index contributed by atoms with van der Waals surface area (Å²) in [5.41, 5.74) is 1.22. The van der Waals surface area contributed by atoms with E-state index in [1.165, 1.54) is 5.56 Å². The van der Waals surface area contributed by atoms with E-state index in [9.17, 15) is 0 Å². The van der Waals surface area contributed by atoms with Gasteiger partial charge in [0.2, 0.25) is 0 Å². The van der Waals surface area contributed by atoms with Crippen molar-refractivity contribution in [3.63, 3.8) is 0 Å². The number of rotatable bonds is 8. The van der Waals surface area contributed by atoms with Gasteiger partial charge in [-0.2, -0.15) is 0 Å². The Kier molecular flexibility index (Phi) is 10.2. The van der Waals surface area contributed by atoms with E-state index in [4.69, 9.17) is 18.9 Å². The summed E-state index contributed by atoms with van der Waals surface area (Å²) >= 11 is 0. The fourth-order valence-corrected chi connectivity index (χ4v) is 3.83. The smallest absolute Gasteiger partial charge is 0.193 e. The Morgan fingerprint density at radius 2 is 1.72 bits per heavy atom. The summed E-state index contributed by atoms with van der Waals surface area (Å²) < 4.78 is 22.3. The molecule has 1 N–H and O–H groups in total. The number of ether oxygens (including phenoxy) is 4. The van der Waals surface area contributed by atoms with Crippen LogP contribution in [0.25, 0.3) is 0 Å². The molecule has 1 fully saturated rings. The predicted octanol–water partition coefficient (Wildman–Crippen LogP) is 4.16. The standard InChI is InChI=1S/C24H33N3O4.HI/c1-17(31-23-9-7-6-8-22(23)30-5)15-26-24(25-2)27-11-10-18(16-27)19-12-20(28-3)14-21(13-19)29-4;/h6-9,12-14,17-18H,10-11,15-16H2,1-5H3,(H,25,26);1H. The minimum Gasteiger partial charge on any atom is -0.497 e. The summed E-state index contributed by atoms with van der Waals surface area (Å²) in [6, 6.07) is 13.8. The molecule has 7 nitrogen and oxygen atoms in total. The van der Waals surface area contributed by atoms with Gasteiger partial charge in [0.1, 0.15) is 17.6 Å². The number of nitrogens with zero attached hydrogens (tertiary/aromatic N) is 2. The highest BCUT2D eigenvalue weighted by molar-refractivity contribution is 14.0. The van der Waals surface area contributed by atoms with Gasteiger partial charge in [0.05, 0.1) is 27.9 Å². The largest absolute Gasteiger partial charge is 0.497 e. The lowest BCUT2D eigenvalue weighted by Gasteiger charge is -2.24. The van der Waals surface area contributed by atoms with Crippen molar-refractivity contribution in [1.82, 2.24) is 10.2 Å². The molecule has 0 radical (unpaired) electrons. The van der Waals surface area contributed by atoms with Crippen LogP contribution in [-0.4, -0.2) is 65.0 Å². The Morgan fingerprint density at radius 3 is 2.31 bits per heavy atom. The second-order valence-electron chi connectivity index (χ2n) is 7.59. The molecule has 0 aliphatic carbocycles. The molecule has 0 bridgehead atoms. The van der Waals surface area contributed by atoms with Gasteiger partial charge in [-0.1, -0.05) is 12.1 Å². The van der Waals surface area contributed by atoms with E-state index in [0.29, 0.717) is 12.5 Å². The van der Waals surface area contributed by atoms with Crippen LogP contribution in [0.5, 0.6) is 23.0 Å². The molecule has 176 valence electrons. The summed E-state index contributed by atoms with van der Waals surface area (Å²) in [4.78, 5) is 6.76. The van der Waals surface area contributed by atoms with Gasteiger partial charge in [0, 0.05) is 32.1 Å². The van der Waals surface area contributed by atoms with Crippen molar-refractivity contribution < 1.29 is 18.9 Å². The molecular formula is C24H34IN3O4. The Bertz CT molecular complexity index is 871. The van der Waals surface area contributed by atoms with Gasteiger partial charge in [-0.15, -0.1) is 24.0 Å². The Labute approximate surface area is 208 Å². The fraction of sp³-hybridized carbons (Fsp3) is 0.458. The van der Waals surface area contributed by atoms with Crippen molar-refractivity contribution in [1.29, 1.82) is 0 Å². The Balaban J connectivity index is 0.00000363. The first kappa shape index (κ1) is 25.9. The second-order valence-corrected chi connectivity index (χ2v) is 7.59. The van der Waals surface area contributed by atoms with Gasteiger partial charge in [-0.3, -0.25) is 4.99 Å². The van der Waals surface area contributed by atoms with E-state index >= 15 is 0 Å².